The molecule has 4 rings (SSSR count). The number of nitriles is 1. The van der Waals surface area contributed by atoms with Gasteiger partial charge in [0.05, 0.1) is 23.0 Å². The maximum Gasteiger partial charge on any atom is 0.436 e. The van der Waals surface area contributed by atoms with Gasteiger partial charge >= 0.3 is 6.18 Å². The fourth-order valence-corrected chi connectivity index (χ4v) is 4.33. The molecule has 2 heterocycles. The standard InChI is InChI=1S/C28H19F6N5O2/c1-15-22(12-35)27(28(32,33)34)38-39(15)13-25(41)37-24(9-16-7-19(29)11-20(30)8-16)26-21(3-2-6-36-26)17-4-5-23(31)18(10-17)14-40/h2-8,10-11,14,24H,9,13H2,1H3,(H,37,41). The minimum absolute atomic E-state index is 0.124. The Hall–Kier alpha value is -4.99. The van der Waals surface area contributed by atoms with Crippen LogP contribution in [0.15, 0.2) is 54.7 Å². The summed E-state index contributed by atoms with van der Waals surface area (Å²) < 4.78 is 82.7. The van der Waals surface area contributed by atoms with Crippen LogP contribution in [0.5, 0.6) is 0 Å². The molecular weight excluding hydrogens is 552 g/mol. The number of rotatable bonds is 8. The Morgan fingerprint density at radius 1 is 1.12 bits per heavy atom. The van der Waals surface area contributed by atoms with E-state index in [4.69, 9.17) is 0 Å². The molecule has 0 aliphatic rings. The van der Waals surface area contributed by atoms with Gasteiger partial charge in [-0.25, -0.2) is 13.2 Å². The first-order chi connectivity index (χ1) is 19.4. The molecule has 0 saturated carbocycles. The molecule has 0 spiro atoms. The molecule has 0 saturated heterocycles. The maximum absolute atomic E-state index is 14.0. The summed E-state index contributed by atoms with van der Waals surface area (Å²) in [4.78, 5) is 28.7. The lowest BCUT2D eigenvalue weighted by atomic mass is 9.94. The van der Waals surface area contributed by atoms with Crippen LogP contribution in [0.4, 0.5) is 26.3 Å². The Morgan fingerprint density at radius 2 is 1.83 bits per heavy atom. The lowest BCUT2D eigenvalue weighted by molar-refractivity contribution is -0.142. The van der Waals surface area contributed by atoms with Crippen molar-refractivity contribution in [2.45, 2.75) is 32.1 Å². The van der Waals surface area contributed by atoms with Gasteiger partial charge in [0.15, 0.2) is 12.0 Å². The van der Waals surface area contributed by atoms with Gasteiger partial charge < -0.3 is 5.32 Å². The van der Waals surface area contributed by atoms with Gasteiger partial charge in [-0.05, 0) is 54.8 Å². The van der Waals surface area contributed by atoms with E-state index in [2.05, 4.69) is 15.4 Å². The summed E-state index contributed by atoms with van der Waals surface area (Å²) in [7, 11) is 0. The second kappa shape index (κ2) is 11.6. The van der Waals surface area contributed by atoms with Crippen LogP contribution in [0.1, 0.15) is 44.6 Å². The van der Waals surface area contributed by atoms with Gasteiger partial charge in [-0.3, -0.25) is 19.3 Å². The molecule has 1 N–H and O–H groups in total. The topological polar surface area (TPSA) is 101 Å². The molecule has 0 aliphatic heterocycles. The molecule has 2 aromatic heterocycles. The molecule has 7 nitrogen and oxygen atoms in total. The van der Waals surface area contributed by atoms with Crippen LogP contribution >= 0.6 is 0 Å². The van der Waals surface area contributed by atoms with Gasteiger partial charge in [-0.1, -0.05) is 12.1 Å². The number of amides is 1. The van der Waals surface area contributed by atoms with Gasteiger partial charge in [-0.2, -0.15) is 23.5 Å². The first kappa shape index (κ1) is 29.0. The minimum Gasteiger partial charge on any atom is -0.346 e. The van der Waals surface area contributed by atoms with E-state index in [9.17, 15) is 41.2 Å². The number of aldehydes is 1. The van der Waals surface area contributed by atoms with Gasteiger partial charge in [0.25, 0.3) is 0 Å². The Labute approximate surface area is 229 Å². The first-order valence-electron chi connectivity index (χ1n) is 11.9. The van der Waals surface area contributed by atoms with Crippen LogP contribution in [-0.4, -0.2) is 27.0 Å². The molecule has 4 aromatic rings. The summed E-state index contributed by atoms with van der Waals surface area (Å²) in [6, 6.07) is 9.90. The zero-order valence-corrected chi connectivity index (χ0v) is 21.1. The van der Waals surface area contributed by atoms with Gasteiger partial charge in [0.2, 0.25) is 5.91 Å². The molecule has 41 heavy (non-hydrogen) atoms. The Morgan fingerprint density at radius 3 is 2.44 bits per heavy atom. The predicted molar refractivity (Wildman–Crippen MR) is 133 cm³/mol. The van der Waals surface area contributed by atoms with E-state index in [1.807, 2.05) is 0 Å². The largest absolute Gasteiger partial charge is 0.436 e. The highest BCUT2D eigenvalue weighted by molar-refractivity contribution is 5.80. The number of halogens is 6. The number of aromatic nitrogens is 3. The van der Waals surface area contributed by atoms with Crippen molar-refractivity contribution < 1.29 is 35.9 Å². The van der Waals surface area contributed by atoms with E-state index < -0.39 is 53.4 Å². The molecule has 1 atom stereocenters. The normalized spacial score (nSPS) is 12.0. The van der Waals surface area contributed by atoms with Crippen molar-refractivity contribution in [1.29, 1.82) is 5.26 Å². The summed E-state index contributed by atoms with van der Waals surface area (Å²) >= 11 is 0. The third-order valence-electron chi connectivity index (χ3n) is 6.18. The fraction of sp³-hybridized carbons (Fsp3) is 0.179. The molecule has 2 aromatic carbocycles. The van der Waals surface area contributed by atoms with Crippen molar-refractivity contribution >= 4 is 12.2 Å². The Balaban J connectivity index is 1.74. The van der Waals surface area contributed by atoms with E-state index in [0.717, 1.165) is 22.9 Å². The van der Waals surface area contributed by atoms with Crippen molar-refractivity contribution in [1.82, 2.24) is 20.1 Å². The summed E-state index contributed by atoms with van der Waals surface area (Å²) in [6.07, 6.45) is -3.44. The minimum atomic E-state index is -4.93. The quantitative estimate of drug-likeness (QED) is 0.223. The van der Waals surface area contributed by atoms with Crippen molar-refractivity contribution in [2.24, 2.45) is 0 Å². The van der Waals surface area contributed by atoms with E-state index in [1.54, 1.807) is 12.1 Å². The molecule has 0 fully saturated rings. The molecule has 0 aliphatic carbocycles. The number of hydrogen-bond donors (Lipinski definition) is 1. The number of alkyl halides is 3. The first-order valence-corrected chi connectivity index (χ1v) is 11.9. The van der Waals surface area contributed by atoms with Gasteiger partial charge in [0.1, 0.15) is 35.6 Å². The third-order valence-corrected chi connectivity index (χ3v) is 6.18. The highest BCUT2D eigenvalue weighted by atomic mass is 19.4. The number of hydrogen-bond acceptors (Lipinski definition) is 5. The number of benzene rings is 2. The van der Waals surface area contributed by atoms with Crippen molar-refractivity contribution in [3.05, 3.63) is 106 Å². The predicted octanol–water partition coefficient (Wildman–Crippen LogP) is 5.47. The zero-order valence-electron chi connectivity index (χ0n) is 21.1. The van der Waals surface area contributed by atoms with Crippen LogP contribution in [0.2, 0.25) is 0 Å². The monoisotopic (exact) mass is 571 g/mol. The molecular formula is C28H19F6N5O2. The number of carbonyl (C=O) groups excluding carboxylic acids is 2. The van der Waals surface area contributed by atoms with Crippen LogP contribution < -0.4 is 5.32 Å². The highest BCUT2D eigenvalue weighted by Gasteiger charge is 2.39. The van der Waals surface area contributed by atoms with Crippen molar-refractivity contribution in [3.8, 4) is 17.2 Å². The Bertz CT molecular complexity index is 1660. The lowest BCUT2D eigenvalue weighted by Crippen LogP contribution is -2.34. The fourth-order valence-electron chi connectivity index (χ4n) is 4.33. The van der Waals surface area contributed by atoms with E-state index in [-0.39, 0.29) is 28.9 Å². The average Bonchev–Trinajstić information content (AvgIpc) is 3.23. The van der Waals surface area contributed by atoms with Crippen LogP contribution in [0.25, 0.3) is 11.1 Å². The molecule has 1 unspecified atom stereocenters. The van der Waals surface area contributed by atoms with Crippen molar-refractivity contribution in [2.75, 3.05) is 0 Å². The summed E-state index contributed by atoms with van der Waals surface area (Å²) in [6.45, 7) is 0.482. The van der Waals surface area contributed by atoms with Gasteiger partial charge in [-0.15, -0.1) is 0 Å². The SMILES string of the molecule is Cc1c(C#N)c(C(F)(F)F)nn1CC(=O)NC(Cc1cc(F)cc(F)c1)c1ncccc1-c1ccc(F)c(C=O)c1. The molecule has 0 radical (unpaired) electrons. The number of nitrogens with one attached hydrogen (secondary N) is 1. The molecule has 210 valence electrons. The molecule has 1 amide bonds. The number of nitrogens with zero attached hydrogens (tertiary/aromatic N) is 4. The smallest absolute Gasteiger partial charge is 0.346 e. The van der Waals surface area contributed by atoms with Gasteiger partial charge in [0, 0.05) is 17.8 Å². The average molecular weight is 571 g/mol. The summed E-state index contributed by atoms with van der Waals surface area (Å²) in [5.41, 5.74) is -1.62. The van der Waals surface area contributed by atoms with E-state index in [0.29, 0.717) is 23.5 Å². The summed E-state index contributed by atoms with van der Waals surface area (Å²) in [5.74, 6) is -3.37. The highest BCUT2D eigenvalue weighted by Crippen LogP contribution is 2.33. The number of carbonyl (C=O) groups is 2. The van der Waals surface area contributed by atoms with Crippen LogP contribution in [0, 0.1) is 35.7 Å². The third kappa shape index (κ3) is 6.43. The Kier molecular flexibility index (Phi) is 8.23. The van der Waals surface area contributed by atoms with E-state index in [1.165, 1.54) is 31.3 Å². The summed E-state index contributed by atoms with van der Waals surface area (Å²) in [5, 5.41) is 15.2. The number of pyridine rings is 1. The second-order valence-corrected chi connectivity index (χ2v) is 8.97. The van der Waals surface area contributed by atoms with E-state index >= 15 is 0 Å². The maximum atomic E-state index is 14.0. The second-order valence-electron chi connectivity index (χ2n) is 8.97. The molecule has 0 bridgehead atoms. The van der Waals surface area contributed by atoms with Crippen molar-refractivity contribution in [3.63, 3.8) is 0 Å². The zero-order chi connectivity index (χ0) is 29.9. The lowest BCUT2D eigenvalue weighted by Gasteiger charge is -2.22. The van der Waals surface area contributed by atoms with Crippen LogP contribution in [-0.2, 0) is 23.9 Å². The van der Waals surface area contributed by atoms with Crippen LogP contribution in [0.3, 0.4) is 0 Å². The molecule has 13 heteroatoms.